The average molecular weight is 615 g/mol. The maximum absolute atomic E-state index is 5.26. The first kappa shape index (κ1) is 28.9. The minimum absolute atomic E-state index is 0.691. The van der Waals surface area contributed by atoms with Crippen LogP contribution in [-0.4, -0.2) is 19.9 Å². The Labute approximate surface area is 280 Å². The van der Waals surface area contributed by atoms with Crippen LogP contribution in [0.15, 0.2) is 182 Å². The molecule has 4 nitrogen and oxygen atoms in total. The summed E-state index contributed by atoms with van der Waals surface area (Å²) in [5.74, 6) is 0.691. The van der Waals surface area contributed by atoms with E-state index in [-0.39, 0.29) is 0 Å². The Morgan fingerprint density at radius 3 is 1.21 bits per heavy atom. The van der Waals surface area contributed by atoms with Crippen molar-refractivity contribution in [1.29, 1.82) is 0 Å². The molecule has 0 bridgehead atoms. The van der Waals surface area contributed by atoms with Gasteiger partial charge in [-0.05, 0) is 59.2 Å². The second-order valence-corrected chi connectivity index (χ2v) is 11.5. The van der Waals surface area contributed by atoms with E-state index in [4.69, 9.17) is 9.97 Å². The highest BCUT2D eigenvalue weighted by molar-refractivity contribution is 5.92. The van der Waals surface area contributed by atoms with Crippen LogP contribution in [0.3, 0.4) is 0 Å². The molecule has 0 aliphatic rings. The Bertz CT molecular complexity index is 2230. The van der Waals surface area contributed by atoms with Crippen molar-refractivity contribution in [2.24, 2.45) is 0 Å². The third kappa shape index (κ3) is 5.91. The van der Waals surface area contributed by atoms with Crippen LogP contribution in [0.5, 0.6) is 0 Å². The molecule has 4 heteroatoms. The zero-order valence-electron chi connectivity index (χ0n) is 26.1. The summed E-state index contributed by atoms with van der Waals surface area (Å²) in [6.45, 7) is 0. The van der Waals surface area contributed by atoms with E-state index in [2.05, 4.69) is 113 Å². The topological polar surface area (TPSA) is 51.6 Å². The average Bonchev–Trinajstić information content (AvgIpc) is 3.19. The third-order valence-corrected chi connectivity index (χ3v) is 8.40. The summed E-state index contributed by atoms with van der Waals surface area (Å²) in [6.07, 6.45) is 3.66. The van der Waals surface area contributed by atoms with E-state index in [1.807, 2.05) is 79.1 Å². The van der Waals surface area contributed by atoms with E-state index in [1.54, 1.807) is 0 Å². The fraction of sp³-hybridized carbons (Fsp3) is 0. The highest BCUT2D eigenvalue weighted by Crippen LogP contribution is 2.40. The molecule has 0 aliphatic heterocycles. The lowest BCUT2D eigenvalue weighted by Gasteiger charge is -2.17. The largest absolute Gasteiger partial charge is 0.256 e. The molecule has 3 aromatic heterocycles. The molecule has 0 radical (unpaired) electrons. The van der Waals surface area contributed by atoms with Gasteiger partial charge in [-0.3, -0.25) is 9.97 Å². The van der Waals surface area contributed by atoms with Gasteiger partial charge < -0.3 is 0 Å². The minimum atomic E-state index is 0.691. The molecule has 226 valence electrons. The van der Waals surface area contributed by atoms with Crippen LogP contribution in [0, 0.1) is 0 Å². The molecule has 0 unspecified atom stereocenters. The number of rotatable bonds is 7. The smallest absolute Gasteiger partial charge is 0.160 e. The lowest BCUT2D eigenvalue weighted by atomic mass is 9.92. The molecule has 0 N–H and O–H groups in total. The Morgan fingerprint density at radius 1 is 0.292 bits per heavy atom. The van der Waals surface area contributed by atoms with E-state index < -0.39 is 0 Å². The molecule has 8 aromatic rings. The molecule has 0 saturated carbocycles. The van der Waals surface area contributed by atoms with Gasteiger partial charge in [0.05, 0.1) is 22.8 Å². The zero-order chi connectivity index (χ0) is 32.1. The maximum Gasteiger partial charge on any atom is 0.160 e. The van der Waals surface area contributed by atoms with Crippen molar-refractivity contribution in [1.82, 2.24) is 19.9 Å². The number of benzene rings is 5. The van der Waals surface area contributed by atoms with Gasteiger partial charge in [0.1, 0.15) is 0 Å². The highest BCUT2D eigenvalue weighted by atomic mass is 14.9. The van der Waals surface area contributed by atoms with Crippen LogP contribution in [0.4, 0.5) is 0 Å². The molecule has 3 heterocycles. The van der Waals surface area contributed by atoms with Gasteiger partial charge in [-0.1, -0.05) is 127 Å². The summed E-state index contributed by atoms with van der Waals surface area (Å²) >= 11 is 0. The number of pyridine rings is 2. The van der Waals surface area contributed by atoms with Gasteiger partial charge in [-0.25, -0.2) is 9.97 Å². The highest BCUT2D eigenvalue weighted by Gasteiger charge is 2.20. The van der Waals surface area contributed by atoms with Gasteiger partial charge in [0.25, 0.3) is 0 Å². The molecule has 0 fully saturated rings. The molecule has 5 aromatic carbocycles. The van der Waals surface area contributed by atoms with Crippen LogP contribution in [0.25, 0.3) is 78.7 Å². The molecule has 0 atom stereocenters. The number of aromatic nitrogens is 4. The Balaban J connectivity index is 1.30. The first-order chi connectivity index (χ1) is 23.8. The SMILES string of the molecule is c1ccc(-c2nc(-c3ccccc3)c(-c3ccccc3)c(-c3ccc(-c4cc(-c5ccccn5)cc(-c5ccccn5)c4)cc3)n2)cc1. The van der Waals surface area contributed by atoms with Crippen LogP contribution >= 0.6 is 0 Å². The minimum Gasteiger partial charge on any atom is -0.256 e. The Kier molecular flexibility index (Phi) is 7.87. The second kappa shape index (κ2) is 13.1. The summed E-state index contributed by atoms with van der Waals surface area (Å²) in [4.78, 5) is 19.7. The maximum atomic E-state index is 5.26. The summed E-state index contributed by atoms with van der Waals surface area (Å²) in [5.41, 5.74) is 13.0. The van der Waals surface area contributed by atoms with E-state index in [1.165, 1.54) is 0 Å². The summed E-state index contributed by atoms with van der Waals surface area (Å²) in [7, 11) is 0. The lowest BCUT2D eigenvalue weighted by molar-refractivity contribution is 1.18. The summed E-state index contributed by atoms with van der Waals surface area (Å²) < 4.78 is 0. The van der Waals surface area contributed by atoms with E-state index in [9.17, 15) is 0 Å². The molecule has 0 spiro atoms. The van der Waals surface area contributed by atoms with Crippen LogP contribution in [-0.2, 0) is 0 Å². The van der Waals surface area contributed by atoms with E-state index >= 15 is 0 Å². The Hall–Kier alpha value is -6.52. The quantitative estimate of drug-likeness (QED) is 0.179. The van der Waals surface area contributed by atoms with Gasteiger partial charge in [0.2, 0.25) is 0 Å². The van der Waals surface area contributed by atoms with E-state index in [0.717, 1.165) is 72.8 Å². The molecule has 48 heavy (non-hydrogen) atoms. The van der Waals surface area contributed by atoms with Crippen molar-refractivity contribution in [3.63, 3.8) is 0 Å². The van der Waals surface area contributed by atoms with Crippen molar-refractivity contribution in [3.8, 4) is 78.7 Å². The van der Waals surface area contributed by atoms with Crippen molar-refractivity contribution in [2.45, 2.75) is 0 Å². The van der Waals surface area contributed by atoms with Crippen molar-refractivity contribution < 1.29 is 0 Å². The molecule has 0 amide bonds. The van der Waals surface area contributed by atoms with Gasteiger partial charge in [-0.15, -0.1) is 0 Å². The number of hydrogen-bond acceptors (Lipinski definition) is 4. The second-order valence-electron chi connectivity index (χ2n) is 11.5. The van der Waals surface area contributed by atoms with Crippen molar-refractivity contribution in [3.05, 3.63) is 182 Å². The number of hydrogen-bond donors (Lipinski definition) is 0. The molecular weight excluding hydrogens is 585 g/mol. The van der Waals surface area contributed by atoms with Gasteiger partial charge >= 0.3 is 0 Å². The van der Waals surface area contributed by atoms with Gasteiger partial charge in [0, 0.05) is 45.8 Å². The van der Waals surface area contributed by atoms with Crippen molar-refractivity contribution >= 4 is 0 Å². The predicted octanol–water partition coefficient (Wildman–Crippen LogP) is 10.9. The molecule has 0 aliphatic carbocycles. The zero-order valence-corrected chi connectivity index (χ0v) is 26.1. The fourth-order valence-corrected chi connectivity index (χ4v) is 6.05. The standard InChI is InChI=1S/C44H30N4/c1-4-14-32(15-5-1)41-42(33-16-6-2-7-17-33)47-44(35-18-8-3-9-19-35)48-43(41)34-24-22-31(23-25-34)36-28-37(39-20-10-12-26-45-39)30-38(29-36)40-21-11-13-27-46-40/h1-30H. The van der Waals surface area contributed by atoms with Crippen molar-refractivity contribution in [2.75, 3.05) is 0 Å². The van der Waals surface area contributed by atoms with Gasteiger partial charge in [-0.2, -0.15) is 0 Å². The molecule has 8 rings (SSSR count). The summed E-state index contributed by atoms with van der Waals surface area (Å²) in [6, 6.07) is 58.3. The first-order valence-electron chi connectivity index (χ1n) is 16.0. The van der Waals surface area contributed by atoms with Crippen LogP contribution in [0.2, 0.25) is 0 Å². The first-order valence-corrected chi connectivity index (χ1v) is 16.0. The number of nitrogens with zero attached hydrogens (tertiary/aromatic N) is 4. The van der Waals surface area contributed by atoms with E-state index in [0.29, 0.717) is 5.82 Å². The predicted molar refractivity (Wildman–Crippen MR) is 196 cm³/mol. The normalized spacial score (nSPS) is 10.9. The molecular formula is C44H30N4. The Morgan fingerprint density at radius 2 is 0.708 bits per heavy atom. The summed E-state index contributed by atoms with van der Waals surface area (Å²) in [5, 5.41) is 0. The third-order valence-electron chi connectivity index (χ3n) is 8.40. The lowest BCUT2D eigenvalue weighted by Crippen LogP contribution is -2.00. The fourth-order valence-electron chi connectivity index (χ4n) is 6.05. The van der Waals surface area contributed by atoms with Crippen LogP contribution < -0.4 is 0 Å². The molecule has 0 saturated heterocycles. The van der Waals surface area contributed by atoms with Gasteiger partial charge in [0.15, 0.2) is 5.82 Å². The van der Waals surface area contributed by atoms with Crippen LogP contribution in [0.1, 0.15) is 0 Å². The monoisotopic (exact) mass is 614 g/mol.